The first kappa shape index (κ1) is 21.3. The normalized spacial score (nSPS) is 18.7. The second-order valence-corrected chi connectivity index (χ2v) is 12.3. The summed E-state index contributed by atoms with van der Waals surface area (Å²) in [5.74, 6) is 0.840. The highest BCUT2D eigenvalue weighted by atomic mass is 32.3. The summed E-state index contributed by atoms with van der Waals surface area (Å²) in [5, 5.41) is 1.01. The van der Waals surface area contributed by atoms with Gasteiger partial charge in [0.25, 0.3) is 0 Å². The summed E-state index contributed by atoms with van der Waals surface area (Å²) in [6, 6.07) is 10.6. The molecule has 0 radical (unpaired) electrons. The molecule has 9 heteroatoms. The van der Waals surface area contributed by atoms with Crippen molar-refractivity contribution in [3.05, 3.63) is 48.3 Å². The predicted octanol–water partition coefficient (Wildman–Crippen LogP) is 4.54. The second kappa shape index (κ2) is 7.97. The van der Waals surface area contributed by atoms with E-state index in [1.165, 1.54) is 0 Å². The molecule has 7 nitrogen and oxygen atoms in total. The quantitative estimate of drug-likeness (QED) is 0.456. The third-order valence-corrected chi connectivity index (χ3v) is 8.87. The van der Waals surface area contributed by atoms with Crippen molar-refractivity contribution in [2.24, 2.45) is 0 Å². The summed E-state index contributed by atoms with van der Waals surface area (Å²) in [6.45, 7) is 4.23. The molecule has 162 valence electrons. The molecule has 1 saturated heterocycles. The fraction of sp³-hybridized carbons (Fsp3) is 0.381. The summed E-state index contributed by atoms with van der Waals surface area (Å²) in [5.41, 5.74) is 3.84. The zero-order chi connectivity index (χ0) is 21.5. The van der Waals surface area contributed by atoms with Gasteiger partial charge < -0.3 is 4.98 Å². The zero-order valence-electron chi connectivity index (χ0n) is 17.0. The lowest BCUT2D eigenvalue weighted by molar-refractivity contribution is 0.444. The predicted molar refractivity (Wildman–Crippen MR) is 122 cm³/mol. The van der Waals surface area contributed by atoms with Gasteiger partial charge in [0.15, 0.2) is 0 Å². The van der Waals surface area contributed by atoms with Crippen molar-refractivity contribution in [1.29, 1.82) is 0 Å². The molecule has 4 N–H and O–H groups in total. The van der Waals surface area contributed by atoms with E-state index in [1.807, 2.05) is 18.2 Å². The van der Waals surface area contributed by atoms with E-state index in [0.29, 0.717) is 18.8 Å². The number of H-pyrrole nitrogens is 1. The highest BCUT2D eigenvalue weighted by Crippen LogP contribution is 2.44. The van der Waals surface area contributed by atoms with Crippen LogP contribution < -0.4 is 4.72 Å². The maximum Gasteiger partial charge on any atom is 0.240 e. The number of fused-ring (bicyclic) bond motifs is 1. The molecule has 0 atom stereocenters. The van der Waals surface area contributed by atoms with Crippen LogP contribution in [0.25, 0.3) is 22.2 Å². The van der Waals surface area contributed by atoms with Gasteiger partial charge in [0, 0.05) is 34.8 Å². The minimum Gasteiger partial charge on any atom is -0.343 e. The number of hydrogen-bond donors (Lipinski definition) is 4. The molecule has 0 saturated carbocycles. The number of nitrogens with one attached hydrogen (secondary N) is 2. The minimum atomic E-state index is -3.67. The SMILES string of the molecule is CC(C)c1cc2c(-c3ccc(S(=O)(=O)NC4CCS(O)(O)CC4)cc3)ccnc2[nH]1. The molecule has 4 rings (SSSR count). The number of pyridine rings is 1. The van der Waals surface area contributed by atoms with Gasteiger partial charge in [0.2, 0.25) is 10.0 Å². The van der Waals surface area contributed by atoms with Crippen molar-refractivity contribution in [3.63, 3.8) is 0 Å². The summed E-state index contributed by atoms with van der Waals surface area (Å²) in [4.78, 5) is 7.95. The standard InChI is InChI=1S/C21H27N3O4S2/c1-14(2)20-13-19-18(7-10-22-21(19)23-20)15-3-5-17(6-4-15)30(27,28)24-16-8-11-29(25,26)12-9-16/h3-7,10,13-14,16,24-26H,8-9,11-12H2,1-2H3,(H,22,23). The number of aromatic nitrogens is 2. The van der Waals surface area contributed by atoms with Gasteiger partial charge in [0.05, 0.1) is 4.90 Å². The highest BCUT2D eigenvalue weighted by Gasteiger charge is 2.27. The van der Waals surface area contributed by atoms with E-state index >= 15 is 0 Å². The number of nitrogens with zero attached hydrogens (tertiary/aromatic N) is 1. The van der Waals surface area contributed by atoms with E-state index in [-0.39, 0.29) is 22.4 Å². The summed E-state index contributed by atoms with van der Waals surface area (Å²) in [6.07, 6.45) is 2.61. The molecule has 30 heavy (non-hydrogen) atoms. The molecule has 0 spiro atoms. The summed E-state index contributed by atoms with van der Waals surface area (Å²) in [7, 11) is -6.20. The molecule has 2 aromatic heterocycles. The lowest BCUT2D eigenvalue weighted by Crippen LogP contribution is -2.39. The fourth-order valence-corrected chi connectivity index (χ4v) is 6.57. The number of rotatable bonds is 5. The Balaban J connectivity index is 1.56. The van der Waals surface area contributed by atoms with E-state index < -0.39 is 20.6 Å². The van der Waals surface area contributed by atoms with Gasteiger partial charge in [-0.3, -0.25) is 9.11 Å². The van der Waals surface area contributed by atoms with Crippen LogP contribution in [0.4, 0.5) is 0 Å². The van der Waals surface area contributed by atoms with Crippen LogP contribution in [0.5, 0.6) is 0 Å². The topological polar surface area (TPSA) is 115 Å². The van der Waals surface area contributed by atoms with Gasteiger partial charge in [-0.25, -0.2) is 18.1 Å². The first-order chi connectivity index (χ1) is 14.1. The number of sulfonamides is 1. The molecule has 0 amide bonds. The Morgan fingerprint density at radius 3 is 2.43 bits per heavy atom. The number of hydrogen-bond acceptors (Lipinski definition) is 5. The average molecular weight is 450 g/mol. The van der Waals surface area contributed by atoms with E-state index in [9.17, 15) is 17.5 Å². The number of benzene rings is 1. The van der Waals surface area contributed by atoms with Crippen molar-refractivity contribution in [2.45, 2.75) is 43.5 Å². The molecule has 3 aromatic rings. The Hall–Kier alpha value is -1.91. The summed E-state index contributed by atoms with van der Waals surface area (Å²) < 4.78 is 47.6. The molecule has 0 aliphatic carbocycles. The van der Waals surface area contributed by atoms with Crippen LogP contribution in [0.2, 0.25) is 0 Å². The lowest BCUT2D eigenvalue weighted by Gasteiger charge is -2.39. The van der Waals surface area contributed by atoms with Gasteiger partial charge >= 0.3 is 0 Å². The molecule has 0 unspecified atom stereocenters. The highest BCUT2D eigenvalue weighted by molar-refractivity contribution is 8.24. The van der Waals surface area contributed by atoms with Gasteiger partial charge in [0.1, 0.15) is 5.65 Å². The summed E-state index contributed by atoms with van der Waals surface area (Å²) >= 11 is 0. The molecule has 0 bridgehead atoms. The van der Waals surface area contributed by atoms with E-state index in [2.05, 4.69) is 34.6 Å². The van der Waals surface area contributed by atoms with Crippen molar-refractivity contribution in [3.8, 4) is 11.1 Å². The van der Waals surface area contributed by atoms with Gasteiger partial charge in [-0.15, -0.1) is 0 Å². The molecule has 1 aliphatic heterocycles. The molecular weight excluding hydrogens is 422 g/mol. The fourth-order valence-electron chi connectivity index (χ4n) is 3.74. The average Bonchev–Trinajstić information content (AvgIpc) is 3.14. The largest absolute Gasteiger partial charge is 0.343 e. The van der Waals surface area contributed by atoms with E-state index in [1.54, 1.807) is 18.3 Å². The van der Waals surface area contributed by atoms with Gasteiger partial charge in [-0.1, -0.05) is 26.0 Å². The van der Waals surface area contributed by atoms with Crippen LogP contribution in [0.15, 0.2) is 47.5 Å². The third-order valence-electron chi connectivity index (χ3n) is 5.56. The minimum absolute atomic E-state index is 0.200. The molecule has 1 fully saturated rings. The Labute approximate surface area is 178 Å². The Kier molecular flexibility index (Phi) is 5.67. The molecule has 3 heterocycles. The monoisotopic (exact) mass is 449 g/mol. The molecular formula is C21H27N3O4S2. The molecule has 1 aliphatic rings. The smallest absolute Gasteiger partial charge is 0.240 e. The third kappa shape index (κ3) is 4.40. The van der Waals surface area contributed by atoms with Crippen LogP contribution in [0, 0.1) is 0 Å². The molecule has 1 aromatic carbocycles. The van der Waals surface area contributed by atoms with Crippen LogP contribution in [-0.4, -0.2) is 45.0 Å². The Morgan fingerprint density at radius 2 is 1.80 bits per heavy atom. The lowest BCUT2D eigenvalue weighted by atomic mass is 10.0. The second-order valence-electron chi connectivity index (χ2n) is 8.13. The van der Waals surface area contributed by atoms with E-state index in [4.69, 9.17) is 0 Å². The zero-order valence-corrected chi connectivity index (χ0v) is 18.6. The van der Waals surface area contributed by atoms with Crippen molar-refractivity contribution in [1.82, 2.24) is 14.7 Å². The Bertz CT molecular complexity index is 1140. The van der Waals surface area contributed by atoms with Crippen LogP contribution in [0.1, 0.15) is 38.3 Å². The van der Waals surface area contributed by atoms with Crippen molar-refractivity contribution >= 4 is 31.6 Å². The van der Waals surface area contributed by atoms with Crippen LogP contribution >= 0.6 is 10.6 Å². The Morgan fingerprint density at radius 1 is 1.13 bits per heavy atom. The number of aromatic amines is 1. The van der Waals surface area contributed by atoms with Crippen LogP contribution in [0.3, 0.4) is 0 Å². The van der Waals surface area contributed by atoms with Crippen LogP contribution in [-0.2, 0) is 10.0 Å². The van der Waals surface area contributed by atoms with Crippen molar-refractivity contribution in [2.75, 3.05) is 11.5 Å². The maximum atomic E-state index is 12.8. The van der Waals surface area contributed by atoms with E-state index in [0.717, 1.165) is 27.9 Å². The van der Waals surface area contributed by atoms with Gasteiger partial charge in [-0.2, -0.15) is 10.6 Å². The first-order valence-corrected chi connectivity index (χ1v) is 13.4. The first-order valence-electron chi connectivity index (χ1n) is 9.99. The maximum absolute atomic E-state index is 12.8. The van der Waals surface area contributed by atoms with Crippen molar-refractivity contribution < 1.29 is 17.5 Å². The van der Waals surface area contributed by atoms with Gasteiger partial charge in [-0.05, 0) is 54.2 Å².